The molecule has 1 aliphatic heterocycles. The first-order valence-electron chi connectivity index (χ1n) is 5.01. The number of hydroxylamine groups is 2. The Hall–Kier alpha value is -1.09. The van der Waals surface area contributed by atoms with Gasteiger partial charge in [-0.1, -0.05) is 0 Å². The van der Waals surface area contributed by atoms with Crippen molar-refractivity contribution in [2.45, 2.75) is 13.8 Å². The molecule has 1 heterocycles. The number of allylic oxidation sites excluding steroid dienone is 1. The summed E-state index contributed by atoms with van der Waals surface area (Å²) in [5.41, 5.74) is 2.29. The summed E-state index contributed by atoms with van der Waals surface area (Å²) in [5.74, 6) is 0.975. The van der Waals surface area contributed by atoms with Crippen LogP contribution in [-0.4, -0.2) is 45.9 Å². The smallest absolute Gasteiger partial charge is 0.397 e. The predicted molar refractivity (Wildman–Crippen MR) is 65.7 cm³/mol. The minimum absolute atomic E-state index is 0.775. The van der Waals surface area contributed by atoms with Gasteiger partial charge in [-0.3, -0.25) is 18.6 Å². The van der Waals surface area contributed by atoms with Crippen molar-refractivity contribution in [1.29, 1.82) is 0 Å². The molecular weight excluding hydrogens is 262 g/mol. The van der Waals surface area contributed by atoms with Crippen molar-refractivity contribution in [2.24, 2.45) is 0 Å². The Labute approximate surface area is 108 Å². The van der Waals surface area contributed by atoms with Gasteiger partial charge < -0.3 is 4.74 Å². The zero-order valence-corrected chi connectivity index (χ0v) is 11.9. The molecule has 106 valence electrons. The van der Waals surface area contributed by atoms with Crippen LogP contribution in [0.3, 0.4) is 0 Å². The molecule has 1 aliphatic rings. The van der Waals surface area contributed by atoms with Crippen LogP contribution in [0.5, 0.6) is 0 Å². The van der Waals surface area contributed by atoms with Gasteiger partial charge in [-0.05, 0) is 19.4 Å². The van der Waals surface area contributed by atoms with Gasteiger partial charge in [0.2, 0.25) is 0 Å². The Bertz CT molecular complexity index is 426. The highest BCUT2D eigenvalue weighted by atomic mass is 32.3. The lowest BCUT2D eigenvalue weighted by atomic mass is 10.1. The predicted octanol–water partition coefficient (Wildman–Crippen LogP) is 1.12. The summed E-state index contributed by atoms with van der Waals surface area (Å²) < 4.78 is 34.9. The third kappa shape index (κ3) is 6.01. The van der Waals surface area contributed by atoms with Gasteiger partial charge in [0.1, 0.15) is 5.76 Å². The Morgan fingerprint density at radius 3 is 2.06 bits per heavy atom. The van der Waals surface area contributed by atoms with Gasteiger partial charge in [-0.25, -0.2) is 0 Å². The lowest BCUT2D eigenvalue weighted by Gasteiger charge is -2.25. The highest BCUT2D eigenvalue weighted by Crippen LogP contribution is 2.21. The van der Waals surface area contributed by atoms with Crippen LogP contribution < -0.4 is 0 Å². The average Bonchev–Trinajstić information content (AvgIpc) is 2.28. The van der Waals surface area contributed by atoms with E-state index in [2.05, 4.69) is 4.18 Å². The van der Waals surface area contributed by atoms with Crippen LogP contribution >= 0.6 is 0 Å². The second-order valence-electron chi connectivity index (χ2n) is 3.48. The van der Waals surface area contributed by atoms with E-state index in [1.165, 1.54) is 5.57 Å². The van der Waals surface area contributed by atoms with Crippen molar-refractivity contribution >= 4 is 10.4 Å². The molecular formula is C10H19NO6S. The molecule has 0 spiro atoms. The number of hydrogen-bond donors (Lipinski definition) is 1. The van der Waals surface area contributed by atoms with Crippen molar-refractivity contribution in [1.82, 2.24) is 5.06 Å². The molecule has 1 rings (SSSR count). The van der Waals surface area contributed by atoms with Gasteiger partial charge >= 0.3 is 10.4 Å². The van der Waals surface area contributed by atoms with E-state index >= 15 is 0 Å². The van der Waals surface area contributed by atoms with Crippen LogP contribution in [0.4, 0.5) is 0 Å². The number of nitrogens with zero attached hydrogens (tertiary/aromatic N) is 1. The van der Waals surface area contributed by atoms with Gasteiger partial charge in [0, 0.05) is 11.8 Å². The van der Waals surface area contributed by atoms with Crippen LogP contribution in [0, 0.1) is 0 Å². The molecule has 0 aliphatic carbocycles. The molecule has 8 heteroatoms. The van der Waals surface area contributed by atoms with Crippen molar-refractivity contribution in [3.8, 4) is 0 Å². The monoisotopic (exact) mass is 281 g/mol. The third-order valence-electron chi connectivity index (χ3n) is 2.13. The van der Waals surface area contributed by atoms with Gasteiger partial charge in [0.15, 0.2) is 0 Å². The first kappa shape index (κ1) is 16.9. The Balaban J connectivity index is 0.000000411. The second kappa shape index (κ2) is 7.37. The van der Waals surface area contributed by atoms with Crippen LogP contribution in [-0.2, 0) is 24.2 Å². The molecule has 0 radical (unpaired) electrons. The van der Waals surface area contributed by atoms with Crippen molar-refractivity contribution in [2.75, 3.05) is 27.9 Å². The van der Waals surface area contributed by atoms with Gasteiger partial charge in [-0.2, -0.15) is 8.42 Å². The van der Waals surface area contributed by atoms with Gasteiger partial charge in [0.25, 0.3) is 0 Å². The van der Waals surface area contributed by atoms with Crippen LogP contribution in [0.2, 0.25) is 0 Å². The number of rotatable bonds is 3. The number of hydrogen-bond acceptors (Lipinski definition) is 6. The topological polar surface area (TPSA) is 85.3 Å². The molecule has 0 atom stereocenters. The quantitative estimate of drug-likeness (QED) is 0.776. The minimum Gasteiger partial charge on any atom is -0.496 e. The van der Waals surface area contributed by atoms with E-state index in [0.29, 0.717) is 0 Å². The van der Waals surface area contributed by atoms with E-state index in [9.17, 15) is 8.42 Å². The zero-order valence-electron chi connectivity index (χ0n) is 11.1. The SMILES string of the molecule is COC1=C(C)CN(OC)C=C1C.COS(=O)(=O)O. The van der Waals surface area contributed by atoms with Crippen molar-refractivity contribution in [3.05, 3.63) is 23.1 Å². The summed E-state index contributed by atoms with van der Waals surface area (Å²) in [7, 11) is 0.0630. The largest absolute Gasteiger partial charge is 0.496 e. The molecule has 0 bridgehead atoms. The summed E-state index contributed by atoms with van der Waals surface area (Å²) in [6.07, 6.45) is 1.94. The van der Waals surface area contributed by atoms with E-state index in [0.717, 1.165) is 25.0 Å². The average molecular weight is 281 g/mol. The zero-order chi connectivity index (χ0) is 14.3. The summed E-state index contributed by atoms with van der Waals surface area (Å²) in [6, 6.07) is 0. The molecule has 0 fully saturated rings. The summed E-state index contributed by atoms with van der Waals surface area (Å²) in [4.78, 5) is 5.09. The van der Waals surface area contributed by atoms with Crippen molar-refractivity contribution < 1.29 is 26.7 Å². The lowest BCUT2D eigenvalue weighted by Crippen LogP contribution is -2.23. The minimum atomic E-state index is -4.16. The molecule has 0 amide bonds. The standard InChI is InChI=1S/C9H15NO2.CH4O4S/c1-7-5-10(12-4)6-8(2)9(7)11-3;1-5-6(2,3)4/h5H,6H2,1-4H3;1H3,(H,2,3,4). The molecule has 0 saturated carbocycles. The molecule has 0 aromatic rings. The molecule has 0 saturated heterocycles. The highest BCUT2D eigenvalue weighted by Gasteiger charge is 2.14. The number of methoxy groups -OCH3 is 1. The Morgan fingerprint density at radius 2 is 1.78 bits per heavy atom. The van der Waals surface area contributed by atoms with E-state index in [1.54, 1.807) is 19.3 Å². The fourth-order valence-electron chi connectivity index (χ4n) is 1.41. The Morgan fingerprint density at radius 1 is 1.28 bits per heavy atom. The number of ether oxygens (including phenoxy) is 1. The fourth-order valence-corrected chi connectivity index (χ4v) is 1.41. The molecule has 7 nitrogen and oxygen atoms in total. The van der Waals surface area contributed by atoms with Crippen LogP contribution in [0.25, 0.3) is 0 Å². The normalized spacial score (nSPS) is 15.9. The highest BCUT2D eigenvalue weighted by molar-refractivity contribution is 7.80. The maximum absolute atomic E-state index is 9.33. The molecule has 0 aromatic carbocycles. The van der Waals surface area contributed by atoms with E-state index in [-0.39, 0.29) is 0 Å². The van der Waals surface area contributed by atoms with Crippen LogP contribution in [0.15, 0.2) is 23.1 Å². The maximum Gasteiger partial charge on any atom is 0.397 e. The van der Waals surface area contributed by atoms with Gasteiger partial charge in [-0.15, -0.1) is 0 Å². The first-order chi connectivity index (χ1) is 8.25. The molecule has 1 N–H and O–H groups in total. The Kier molecular flexibility index (Phi) is 6.92. The van der Waals surface area contributed by atoms with E-state index in [1.807, 2.05) is 20.0 Å². The fraction of sp³-hybridized carbons (Fsp3) is 0.600. The van der Waals surface area contributed by atoms with E-state index < -0.39 is 10.4 Å². The lowest BCUT2D eigenvalue weighted by molar-refractivity contribution is -0.0834. The van der Waals surface area contributed by atoms with Gasteiger partial charge in [0.05, 0.1) is 27.9 Å². The van der Waals surface area contributed by atoms with E-state index in [4.69, 9.17) is 14.1 Å². The molecule has 18 heavy (non-hydrogen) atoms. The molecule has 0 unspecified atom stereocenters. The summed E-state index contributed by atoms with van der Waals surface area (Å²) in [6.45, 7) is 4.83. The summed E-state index contributed by atoms with van der Waals surface area (Å²) in [5, 5.41) is 1.78. The second-order valence-corrected chi connectivity index (χ2v) is 4.67. The third-order valence-corrected chi connectivity index (χ3v) is 2.55. The van der Waals surface area contributed by atoms with Crippen LogP contribution in [0.1, 0.15) is 13.8 Å². The van der Waals surface area contributed by atoms with Crippen molar-refractivity contribution in [3.63, 3.8) is 0 Å². The molecule has 0 aromatic heterocycles. The summed E-state index contributed by atoms with van der Waals surface area (Å²) >= 11 is 0. The first-order valence-corrected chi connectivity index (χ1v) is 6.38. The maximum atomic E-state index is 9.33.